The van der Waals surface area contributed by atoms with Crippen molar-refractivity contribution in [3.05, 3.63) is 70.8 Å². The fraction of sp³-hybridized carbons (Fsp3) is 0.355. The zero-order chi connectivity index (χ0) is 27.7. The van der Waals surface area contributed by atoms with Crippen molar-refractivity contribution in [2.45, 2.75) is 45.6 Å². The molecule has 1 N–H and O–H groups in total. The van der Waals surface area contributed by atoms with Crippen molar-refractivity contribution >= 4 is 28.4 Å². The van der Waals surface area contributed by atoms with Crippen LogP contribution in [0.1, 0.15) is 54.1 Å². The summed E-state index contributed by atoms with van der Waals surface area (Å²) in [6.07, 6.45) is 5.33. The maximum Gasteiger partial charge on any atom is 0.254 e. The molecule has 39 heavy (non-hydrogen) atoms. The highest BCUT2D eigenvalue weighted by Crippen LogP contribution is 2.41. The van der Waals surface area contributed by atoms with Gasteiger partial charge in [0.05, 0.1) is 12.1 Å². The molecule has 1 amide bonds. The van der Waals surface area contributed by atoms with Gasteiger partial charge in [-0.3, -0.25) is 14.8 Å². The van der Waals surface area contributed by atoms with Crippen LogP contribution in [-0.4, -0.2) is 54.1 Å². The lowest BCUT2D eigenvalue weighted by Gasteiger charge is -2.25. The molecule has 5 rings (SSSR count). The van der Waals surface area contributed by atoms with Gasteiger partial charge in [-0.2, -0.15) is 0 Å². The topological polar surface area (TPSA) is 84.9 Å². The number of pyridine rings is 2. The fourth-order valence-electron chi connectivity index (χ4n) is 5.01. The molecule has 0 spiro atoms. The first-order valence-electron chi connectivity index (χ1n) is 13.2. The van der Waals surface area contributed by atoms with Gasteiger partial charge in [0.2, 0.25) is 5.69 Å². The highest BCUT2D eigenvalue weighted by molar-refractivity contribution is 5.96. The van der Waals surface area contributed by atoms with Gasteiger partial charge in [-0.15, -0.1) is 0 Å². The van der Waals surface area contributed by atoms with Crippen molar-refractivity contribution in [2.24, 2.45) is 0 Å². The van der Waals surface area contributed by atoms with Crippen molar-refractivity contribution in [1.82, 2.24) is 14.9 Å². The highest BCUT2D eigenvalue weighted by Gasteiger charge is 2.22. The van der Waals surface area contributed by atoms with Crippen molar-refractivity contribution in [1.29, 1.82) is 0 Å². The maximum absolute atomic E-state index is 12.4. The van der Waals surface area contributed by atoms with Crippen molar-refractivity contribution < 1.29 is 13.9 Å². The standard InChI is InChI=1S/C31H33N5O3/c1-18(2)23-17-33-26-15-27(29-19(3)13-21(16-34-29)31(37)36(5)6)39-30(26)28(23)20-7-8-24(25(14-20)32-4)35-22-9-11-38-12-10-22/h7-8,13-18,22,35H,9-12H2,1-3,5-6H3. The SMILES string of the molecule is [C-]#[N+]c1cc(-c2c(C(C)C)cnc3cc(-c4ncc(C(=O)N(C)C)cc4C)oc23)ccc1NC1CCOCC1. The van der Waals surface area contributed by atoms with Crippen molar-refractivity contribution in [3.63, 3.8) is 0 Å². The van der Waals surface area contributed by atoms with E-state index in [1.807, 2.05) is 43.5 Å². The Bertz CT molecular complexity index is 1580. The average molecular weight is 524 g/mol. The highest BCUT2D eigenvalue weighted by atomic mass is 16.5. The molecule has 1 aliphatic heterocycles. The van der Waals surface area contributed by atoms with Crippen LogP contribution in [0.5, 0.6) is 0 Å². The molecule has 0 radical (unpaired) electrons. The molecule has 1 saturated heterocycles. The number of ether oxygens (including phenoxy) is 1. The number of amides is 1. The molecule has 0 unspecified atom stereocenters. The zero-order valence-electron chi connectivity index (χ0n) is 23.0. The molecule has 200 valence electrons. The van der Waals surface area contributed by atoms with E-state index in [0.717, 1.165) is 54.0 Å². The predicted molar refractivity (Wildman–Crippen MR) is 153 cm³/mol. The van der Waals surface area contributed by atoms with E-state index >= 15 is 0 Å². The first-order chi connectivity index (χ1) is 18.8. The van der Waals surface area contributed by atoms with Gasteiger partial charge in [0.15, 0.2) is 11.3 Å². The lowest BCUT2D eigenvalue weighted by atomic mass is 9.93. The van der Waals surface area contributed by atoms with Crippen LogP contribution >= 0.6 is 0 Å². The van der Waals surface area contributed by atoms with E-state index in [2.05, 4.69) is 29.0 Å². The quantitative estimate of drug-likeness (QED) is 0.279. The van der Waals surface area contributed by atoms with Crippen LogP contribution in [0.25, 0.3) is 38.5 Å². The molecule has 4 aromatic rings. The minimum atomic E-state index is -0.0994. The number of fused-ring (bicyclic) bond motifs is 1. The second kappa shape index (κ2) is 10.9. The first-order valence-corrected chi connectivity index (χ1v) is 13.2. The van der Waals surface area contributed by atoms with E-state index in [1.54, 1.807) is 20.3 Å². The molecular formula is C31H33N5O3. The van der Waals surface area contributed by atoms with Gasteiger partial charge in [0, 0.05) is 63.1 Å². The number of hydrogen-bond donors (Lipinski definition) is 1. The summed E-state index contributed by atoms with van der Waals surface area (Å²) in [5, 5.41) is 3.54. The van der Waals surface area contributed by atoms with E-state index in [4.69, 9.17) is 20.7 Å². The number of nitrogens with one attached hydrogen (secondary N) is 1. The first kappa shape index (κ1) is 26.4. The molecule has 1 aliphatic rings. The Labute approximate surface area is 228 Å². The molecule has 1 aromatic carbocycles. The van der Waals surface area contributed by atoms with E-state index in [1.165, 1.54) is 4.90 Å². The van der Waals surface area contributed by atoms with Gasteiger partial charge in [0.25, 0.3) is 5.91 Å². The molecule has 8 nitrogen and oxygen atoms in total. The maximum atomic E-state index is 12.4. The lowest BCUT2D eigenvalue weighted by Crippen LogP contribution is -2.27. The Morgan fingerprint density at radius 2 is 1.90 bits per heavy atom. The normalized spacial score (nSPS) is 14.0. The molecule has 0 saturated carbocycles. The van der Waals surface area contributed by atoms with E-state index in [0.29, 0.717) is 39.8 Å². The summed E-state index contributed by atoms with van der Waals surface area (Å²) < 4.78 is 11.9. The summed E-state index contributed by atoms with van der Waals surface area (Å²) in [6, 6.07) is 9.99. The number of furan rings is 1. The number of nitrogens with zero attached hydrogens (tertiary/aromatic N) is 4. The Morgan fingerprint density at radius 1 is 1.13 bits per heavy atom. The summed E-state index contributed by atoms with van der Waals surface area (Å²) >= 11 is 0. The molecule has 0 bridgehead atoms. The van der Waals surface area contributed by atoms with Gasteiger partial charge in [-0.1, -0.05) is 19.9 Å². The van der Waals surface area contributed by atoms with Crippen LogP contribution in [0.4, 0.5) is 11.4 Å². The van der Waals surface area contributed by atoms with Gasteiger partial charge in [-0.05, 0) is 60.6 Å². The van der Waals surface area contributed by atoms with E-state index in [-0.39, 0.29) is 11.8 Å². The zero-order valence-corrected chi connectivity index (χ0v) is 23.0. The number of rotatable bonds is 6. The fourth-order valence-corrected chi connectivity index (χ4v) is 5.01. The number of carbonyl (C=O) groups excluding carboxylic acids is 1. The monoisotopic (exact) mass is 523 g/mol. The van der Waals surface area contributed by atoms with Crippen LogP contribution in [0.15, 0.2) is 47.1 Å². The third-order valence-electron chi connectivity index (χ3n) is 7.15. The Kier molecular flexibility index (Phi) is 7.36. The largest absolute Gasteiger partial charge is 0.452 e. The van der Waals surface area contributed by atoms with Gasteiger partial charge in [0.1, 0.15) is 11.2 Å². The summed E-state index contributed by atoms with van der Waals surface area (Å²) in [4.78, 5) is 27.1. The lowest BCUT2D eigenvalue weighted by molar-refractivity contribution is 0.0827. The third kappa shape index (κ3) is 5.23. The predicted octanol–water partition coefficient (Wildman–Crippen LogP) is 6.83. The Hall–Kier alpha value is -4.22. The molecule has 4 heterocycles. The van der Waals surface area contributed by atoms with Crippen LogP contribution in [0, 0.1) is 13.5 Å². The summed E-state index contributed by atoms with van der Waals surface area (Å²) in [5.41, 5.74) is 7.70. The molecule has 0 aliphatic carbocycles. The molecule has 1 fully saturated rings. The summed E-state index contributed by atoms with van der Waals surface area (Å²) in [6.45, 7) is 15.5. The van der Waals surface area contributed by atoms with Crippen LogP contribution in [0.2, 0.25) is 0 Å². The average Bonchev–Trinajstić information content (AvgIpc) is 3.36. The van der Waals surface area contributed by atoms with Crippen molar-refractivity contribution in [2.75, 3.05) is 32.6 Å². The summed E-state index contributed by atoms with van der Waals surface area (Å²) in [7, 11) is 3.44. The van der Waals surface area contributed by atoms with Crippen molar-refractivity contribution in [3.8, 4) is 22.6 Å². The number of anilines is 1. The van der Waals surface area contributed by atoms with Gasteiger partial charge >= 0.3 is 0 Å². The Morgan fingerprint density at radius 3 is 2.56 bits per heavy atom. The molecule has 0 atom stereocenters. The number of aryl methyl sites for hydroxylation is 1. The molecule has 3 aromatic heterocycles. The second-order valence-corrected chi connectivity index (χ2v) is 10.5. The molecular weight excluding hydrogens is 490 g/mol. The third-order valence-corrected chi connectivity index (χ3v) is 7.15. The minimum absolute atomic E-state index is 0.0994. The van der Waals surface area contributed by atoms with Crippen LogP contribution < -0.4 is 5.32 Å². The smallest absolute Gasteiger partial charge is 0.254 e. The molecule has 8 heteroatoms. The van der Waals surface area contributed by atoms with E-state index < -0.39 is 0 Å². The second-order valence-electron chi connectivity index (χ2n) is 10.5. The van der Waals surface area contributed by atoms with Crippen LogP contribution in [0.3, 0.4) is 0 Å². The van der Waals surface area contributed by atoms with E-state index in [9.17, 15) is 4.79 Å². The van der Waals surface area contributed by atoms with Gasteiger partial charge < -0.3 is 19.4 Å². The number of hydrogen-bond acceptors (Lipinski definition) is 6. The van der Waals surface area contributed by atoms with Crippen LogP contribution in [-0.2, 0) is 4.74 Å². The number of benzene rings is 1. The summed E-state index contributed by atoms with van der Waals surface area (Å²) in [5.74, 6) is 0.680. The number of carbonyl (C=O) groups is 1. The minimum Gasteiger partial charge on any atom is -0.452 e. The number of aromatic nitrogens is 2. The Balaban J connectivity index is 1.58. The van der Waals surface area contributed by atoms with Gasteiger partial charge in [-0.25, -0.2) is 4.85 Å².